The van der Waals surface area contributed by atoms with Crippen LogP contribution in [0.4, 0.5) is 0 Å². The average molecular weight is 414 g/mol. The van der Waals surface area contributed by atoms with E-state index in [-0.39, 0.29) is 5.91 Å². The molecule has 0 bridgehead atoms. The van der Waals surface area contributed by atoms with Gasteiger partial charge in [0.25, 0.3) is 0 Å². The van der Waals surface area contributed by atoms with E-state index in [0.717, 1.165) is 28.0 Å². The zero-order chi connectivity index (χ0) is 20.6. The number of amides is 1. The normalized spacial score (nSPS) is 16.3. The summed E-state index contributed by atoms with van der Waals surface area (Å²) < 4.78 is 1.66. The number of piperidine rings is 1. The number of aromatic nitrogens is 4. The highest BCUT2D eigenvalue weighted by Crippen LogP contribution is 2.33. The smallest absolute Gasteiger partial charge is 0.222 e. The number of likely N-dealkylation sites (tertiary alicyclic amines) is 1. The fourth-order valence-electron chi connectivity index (χ4n) is 4.11. The first-order valence-corrected chi connectivity index (χ1v) is 10.2. The molecule has 1 aliphatic heterocycles. The Hall–Kier alpha value is -2.51. The summed E-state index contributed by atoms with van der Waals surface area (Å²) in [5.41, 5.74) is 3.62. The van der Waals surface area contributed by atoms with Gasteiger partial charge >= 0.3 is 0 Å². The Bertz CT molecular complexity index is 1040. The molecule has 1 saturated heterocycles. The number of fused-ring (bicyclic) bond motifs is 1. The van der Waals surface area contributed by atoms with E-state index in [2.05, 4.69) is 15.3 Å². The van der Waals surface area contributed by atoms with Gasteiger partial charge in [-0.3, -0.25) is 4.79 Å². The molecule has 4 rings (SSSR count). The molecule has 1 fully saturated rings. The van der Waals surface area contributed by atoms with Crippen LogP contribution in [0.3, 0.4) is 0 Å². The molecule has 0 radical (unpaired) electrons. The van der Waals surface area contributed by atoms with Crippen molar-refractivity contribution in [2.24, 2.45) is 0 Å². The highest BCUT2D eigenvalue weighted by Gasteiger charge is 2.35. The van der Waals surface area contributed by atoms with Crippen LogP contribution in [0.25, 0.3) is 5.65 Å². The molecule has 3 heterocycles. The van der Waals surface area contributed by atoms with Gasteiger partial charge in [0.05, 0.1) is 11.3 Å². The lowest BCUT2D eigenvalue weighted by molar-refractivity contribution is -0.135. The molecule has 1 N–H and O–H groups in total. The molecule has 0 atom stereocenters. The van der Waals surface area contributed by atoms with E-state index in [4.69, 9.17) is 11.6 Å². The molecule has 152 valence electrons. The van der Waals surface area contributed by atoms with Crippen molar-refractivity contribution in [1.29, 1.82) is 0 Å². The topological polar surface area (TPSA) is 83.6 Å². The molecule has 7 nitrogen and oxygen atoms in total. The summed E-state index contributed by atoms with van der Waals surface area (Å²) in [6.07, 6.45) is 3.65. The fraction of sp³-hybridized carbons (Fsp3) is 0.429. The summed E-state index contributed by atoms with van der Waals surface area (Å²) in [4.78, 5) is 14.6. The minimum atomic E-state index is -0.906. The molecule has 2 aromatic heterocycles. The zero-order valence-corrected chi connectivity index (χ0v) is 17.4. The number of benzene rings is 1. The average Bonchev–Trinajstić information content (AvgIpc) is 3.17. The van der Waals surface area contributed by atoms with Crippen molar-refractivity contribution in [3.63, 3.8) is 0 Å². The number of rotatable bonds is 4. The second-order valence-electron chi connectivity index (χ2n) is 7.71. The largest absolute Gasteiger partial charge is 0.385 e. The van der Waals surface area contributed by atoms with Gasteiger partial charge in [-0.2, -0.15) is 5.10 Å². The Morgan fingerprint density at radius 1 is 1.21 bits per heavy atom. The van der Waals surface area contributed by atoms with Gasteiger partial charge in [0.15, 0.2) is 5.65 Å². The van der Waals surface area contributed by atoms with Crippen molar-refractivity contribution >= 4 is 23.2 Å². The monoisotopic (exact) mass is 413 g/mol. The zero-order valence-electron chi connectivity index (χ0n) is 16.6. The van der Waals surface area contributed by atoms with Gasteiger partial charge in [-0.05, 0) is 56.4 Å². The lowest BCUT2D eigenvalue weighted by Crippen LogP contribution is -2.45. The number of carbonyl (C=O) groups excluding carboxylic acids is 1. The van der Waals surface area contributed by atoms with Gasteiger partial charge in [-0.1, -0.05) is 23.7 Å². The second kappa shape index (κ2) is 7.72. The Morgan fingerprint density at radius 3 is 2.59 bits per heavy atom. The number of nitrogens with zero attached hydrogens (tertiary/aromatic N) is 5. The maximum atomic E-state index is 12.8. The highest BCUT2D eigenvalue weighted by atomic mass is 35.5. The van der Waals surface area contributed by atoms with Gasteiger partial charge < -0.3 is 10.0 Å². The predicted molar refractivity (Wildman–Crippen MR) is 110 cm³/mol. The summed E-state index contributed by atoms with van der Waals surface area (Å²) in [7, 11) is 0. The van der Waals surface area contributed by atoms with Crippen LogP contribution in [0.2, 0.25) is 5.02 Å². The molecular formula is C21H24ClN5O2. The minimum absolute atomic E-state index is 0.100. The Morgan fingerprint density at radius 2 is 1.90 bits per heavy atom. The van der Waals surface area contributed by atoms with Gasteiger partial charge in [0.1, 0.15) is 6.33 Å². The van der Waals surface area contributed by atoms with E-state index in [1.54, 1.807) is 23.0 Å². The lowest BCUT2D eigenvalue weighted by Gasteiger charge is -2.38. The van der Waals surface area contributed by atoms with Crippen molar-refractivity contribution in [2.45, 2.75) is 45.1 Å². The van der Waals surface area contributed by atoms with E-state index in [9.17, 15) is 9.90 Å². The van der Waals surface area contributed by atoms with E-state index in [0.29, 0.717) is 43.8 Å². The van der Waals surface area contributed by atoms with Gasteiger partial charge in [-0.25, -0.2) is 4.52 Å². The van der Waals surface area contributed by atoms with Crippen LogP contribution in [0.15, 0.2) is 30.6 Å². The predicted octanol–water partition coefficient (Wildman–Crippen LogP) is 2.84. The maximum absolute atomic E-state index is 12.8. The first kappa shape index (κ1) is 19.8. The fourth-order valence-corrected chi connectivity index (χ4v) is 4.24. The quantitative estimate of drug-likeness (QED) is 0.711. The van der Waals surface area contributed by atoms with Crippen molar-refractivity contribution in [1.82, 2.24) is 24.7 Å². The molecular weight excluding hydrogens is 390 g/mol. The molecule has 29 heavy (non-hydrogen) atoms. The molecule has 0 spiro atoms. The van der Waals surface area contributed by atoms with Crippen molar-refractivity contribution in [3.05, 3.63) is 58.0 Å². The van der Waals surface area contributed by atoms with E-state index in [1.165, 1.54) is 0 Å². The van der Waals surface area contributed by atoms with Gasteiger partial charge in [-0.15, -0.1) is 10.2 Å². The summed E-state index contributed by atoms with van der Waals surface area (Å²) in [5, 5.41) is 24.1. The molecule has 0 saturated carbocycles. The van der Waals surface area contributed by atoms with Crippen LogP contribution in [0.5, 0.6) is 0 Å². The minimum Gasteiger partial charge on any atom is -0.385 e. The number of halogens is 1. The highest BCUT2D eigenvalue weighted by molar-refractivity contribution is 6.30. The number of aliphatic hydroxyl groups is 1. The SMILES string of the molecule is Cc1nn2cnnc2c(C)c1CCC(=O)N1CCC(O)(c2ccc(Cl)cc2)CC1. The van der Waals surface area contributed by atoms with Crippen LogP contribution >= 0.6 is 11.6 Å². The van der Waals surface area contributed by atoms with Crippen molar-refractivity contribution in [2.75, 3.05) is 13.1 Å². The molecule has 3 aromatic rings. The van der Waals surface area contributed by atoms with Crippen LogP contribution < -0.4 is 0 Å². The summed E-state index contributed by atoms with van der Waals surface area (Å²) in [6, 6.07) is 7.30. The number of hydrogen-bond donors (Lipinski definition) is 1. The number of carbonyl (C=O) groups is 1. The summed E-state index contributed by atoms with van der Waals surface area (Å²) in [6.45, 7) is 5.01. The van der Waals surface area contributed by atoms with Crippen LogP contribution in [-0.2, 0) is 16.8 Å². The Labute approximate surface area is 174 Å². The molecule has 1 aliphatic rings. The lowest BCUT2D eigenvalue weighted by atomic mass is 9.84. The third-order valence-electron chi connectivity index (χ3n) is 5.93. The van der Waals surface area contributed by atoms with Crippen LogP contribution in [0, 0.1) is 13.8 Å². The summed E-state index contributed by atoms with van der Waals surface area (Å²) in [5.74, 6) is 0.100. The van der Waals surface area contributed by atoms with E-state index < -0.39 is 5.60 Å². The van der Waals surface area contributed by atoms with Crippen molar-refractivity contribution < 1.29 is 9.90 Å². The molecule has 0 unspecified atom stereocenters. The summed E-state index contributed by atoms with van der Waals surface area (Å²) >= 11 is 5.95. The Balaban J connectivity index is 1.39. The van der Waals surface area contributed by atoms with Crippen molar-refractivity contribution in [3.8, 4) is 0 Å². The Kier molecular flexibility index (Phi) is 5.27. The number of aryl methyl sites for hydroxylation is 2. The van der Waals surface area contributed by atoms with Gasteiger partial charge in [0, 0.05) is 30.1 Å². The standard InChI is InChI=1S/C21H24ClN5O2/c1-14-18(15(2)25-27-13-23-24-20(14)27)7-8-19(28)26-11-9-21(29,10-12-26)16-3-5-17(22)6-4-16/h3-6,13,29H,7-12H2,1-2H3. The van der Waals surface area contributed by atoms with Crippen LogP contribution in [-0.4, -0.2) is 48.8 Å². The third-order valence-corrected chi connectivity index (χ3v) is 6.18. The molecule has 1 aromatic carbocycles. The van der Waals surface area contributed by atoms with Gasteiger partial charge in [0.2, 0.25) is 5.91 Å². The van der Waals surface area contributed by atoms with Crippen LogP contribution in [0.1, 0.15) is 41.6 Å². The maximum Gasteiger partial charge on any atom is 0.222 e. The first-order valence-electron chi connectivity index (χ1n) is 9.80. The molecule has 0 aliphatic carbocycles. The van der Waals surface area contributed by atoms with E-state index in [1.807, 2.05) is 30.9 Å². The first-order chi connectivity index (χ1) is 13.9. The third kappa shape index (κ3) is 3.84. The molecule has 1 amide bonds. The second-order valence-corrected chi connectivity index (χ2v) is 8.14. The molecule has 8 heteroatoms. The van der Waals surface area contributed by atoms with E-state index >= 15 is 0 Å². The number of hydrogen-bond acceptors (Lipinski definition) is 5.